The molecule has 3 heterocycles. The number of furan rings is 1. The molecular formula is C14H15N5O2. The van der Waals surface area contributed by atoms with Crippen LogP contribution in [-0.4, -0.2) is 19.7 Å². The number of hydrogen-bond donors (Lipinski definition) is 2. The lowest BCUT2D eigenvalue weighted by atomic mass is 10.2. The maximum Gasteiger partial charge on any atom is 0.255 e. The molecule has 0 saturated heterocycles. The molecular weight excluding hydrogens is 270 g/mol. The summed E-state index contributed by atoms with van der Waals surface area (Å²) in [7, 11) is 0. The van der Waals surface area contributed by atoms with Gasteiger partial charge in [0.15, 0.2) is 5.76 Å². The van der Waals surface area contributed by atoms with Gasteiger partial charge < -0.3 is 10.2 Å². The molecule has 3 N–H and O–H groups in total. The molecule has 0 aliphatic heterocycles. The first-order chi connectivity index (χ1) is 10.1. The molecule has 3 aromatic heterocycles. The number of nitrogens with one attached hydrogen (secondary N) is 1. The highest BCUT2D eigenvalue weighted by Crippen LogP contribution is 2.22. The van der Waals surface area contributed by atoms with Gasteiger partial charge in [0.25, 0.3) is 5.56 Å². The van der Waals surface area contributed by atoms with E-state index >= 15 is 0 Å². The minimum Gasteiger partial charge on any atom is -0.463 e. The van der Waals surface area contributed by atoms with Crippen molar-refractivity contribution in [3.8, 4) is 17.4 Å². The van der Waals surface area contributed by atoms with Crippen LogP contribution in [0.2, 0.25) is 0 Å². The second-order valence-electron chi connectivity index (χ2n) is 4.65. The molecule has 3 aromatic rings. The summed E-state index contributed by atoms with van der Waals surface area (Å²) in [5.74, 6) is 1.27. The number of nitrogens with zero attached hydrogens (tertiary/aromatic N) is 3. The lowest BCUT2D eigenvalue weighted by Crippen LogP contribution is -2.20. The smallest absolute Gasteiger partial charge is 0.255 e. The number of anilines is 1. The summed E-state index contributed by atoms with van der Waals surface area (Å²) >= 11 is 0. The zero-order valence-electron chi connectivity index (χ0n) is 11.8. The van der Waals surface area contributed by atoms with Gasteiger partial charge in [0.1, 0.15) is 11.5 Å². The van der Waals surface area contributed by atoms with Gasteiger partial charge >= 0.3 is 0 Å². The molecule has 0 aromatic carbocycles. The molecule has 0 bridgehead atoms. The number of aromatic nitrogens is 4. The summed E-state index contributed by atoms with van der Waals surface area (Å²) in [5, 5.41) is 4.33. The van der Waals surface area contributed by atoms with Crippen LogP contribution < -0.4 is 11.3 Å². The zero-order chi connectivity index (χ0) is 15.0. The zero-order valence-corrected chi connectivity index (χ0v) is 11.8. The Hall–Kier alpha value is -2.83. The van der Waals surface area contributed by atoms with Crippen LogP contribution in [0.25, 0.3) is 17.4 Å². The minimum absolute atomic E-state index is 0.172. The SMILES string of the molecule is CCc1c(C)nc(-n2nc(-c3ccco3)cc2N)[nH]c1=O. The summed E-state index contributed by atoms with van der Waals surface area (Å²) in [6, 6.07) is 5.22. The maximum absolute atomic E-state index is 12.0. The Balaban J connectivity index is 2.11. The van der Waals surface area contributed by atoms with E-state index in [-0.39, 0.29) is 5.56 Å². The van der Waals surface area contributed by atoms with E-state index in [2.05, 4.69) is 15.1 Å². The highest BCUT2D eigenvalue weighted by Gasteiger charge is 2.14. The Morgan fingerprint density at radius 1 is 1.48 bits per heavy atom. The number of rotatable bonds is 3. The predicted octanol–water partition coefficient (Wildman–Crippen LogP) is 1.67. The van der Waals surface area contributed by atoms with Crippen LogP contribution in [0.15, 0.2) is 33.7 Å². The molecule has 0 unspecified atom stereocenters. The van der Waals surface area contributed by atoms with Gasteiger partial charge in [0.2, 0.25) is 5.95 Å². The Bertz CT molecular complexity index is 830. The monoisotopic (exact) mass is 285 g/mol. The minimum atomic E-state index is -0.172. The Kier molecular flexibility index (Phi) is 3.09. The number of aromatic amines is 1. The summed E-state index contributed by atoms with van der Waals surface area (Å²) < 4.78 is 6.68. The largest absolute Gasteiger partial charge is 0.463 e. The van der Waals surface area contributed by atoms with E-state index in [0.29, 0.717) is 40.9 Å². The van der Waals surface area contributed by atoms with Crippen LogP contribution in [0.3, 0.4) is 0 Å². The van der Waals surface area contributed by atoms with Crippen molar-refractivity contribution >= 4 is 5.82 Å². The Morgan fingerprint density at radius 3 is 2.90 bits per heavy atom. The molecule has 0 aliphatic carbocycles. The first kappa shape index (κ1) is 13.2. The van der Waals surface area contributed by atoms with Crippen LogP contribution in [0.5, 0.6) is 0 Å². The number of aryl methyl sites for hydroxylation is 1. The van der Waals surface area contributed by atoms with Crippen LogP contribution >= 0.6 is 0 Å². The van der Waals surface area contributed by atoms with Gasteiger partial charge in [-0.1, -0.05) is 6.92 Å². The van der Waals surface area contributed by atoms with E-state index in [1.54, 1.807) is 31.4 Å². The second-order valence-corrected chi connectivity index (χ2v) is 4.65. The Labute approximate surface area is 120 Å². The van der Waals surface area contributed by atoms with Crippen molar-refractivity contribution in [2.24, 2.45) is 0 Å². The average Bonchev–Trinajstić information content (AvgIpc) is 3.07. The highest BCUT2D eigenvalue weighted by molar-refractivity contribution is 5.57. The average molecular weight is 285 g/mol. The topological polar surface area (TPSA) is 103 Å². The maximum atomic E-state index is 12.0. The van der Waals surface area contributed by atoms with Gasteiger partial charge in [-0.05, 0) is 25.5 Å². The van der Waals surface area contributed by atoms with Crippen molar-refractivity contribution in [2.75, 3.05) is 5.73 Å². The van der Waals surface area contributed by atoms with E-state index in [1.165, 1.54) is 4.68 Å². The first-order valence-electron chi connectivity index (χ1n) is 6.59. The van der Waals surface area contributed by atoms with Crippen molar-refractivity contribution < 1.29 is 4.42 Å². The third-order valence-electron chi connectivity index (χ3n) is 3.27. The third kappa shape index (κ3) is 2.22. The molecule has 7 nitrogen and oxygen atoms in total. The van der Waals surface area contributed by atoms with E-state index in [4.69, 9.17) is 10.2 Å². The van der Waals surface area contributed by atoms with E-state index in [0.717, 1.165) is 0 Å². The van der Waals surface area contributed by atoms with Crippen LogP contribution in [0, 0.1) is 6.92 Å². The van der Waals surface area contributed by atoms with Crippen LogP contribution in [-0.2, 0) is 6.42 Å². The molecule has 0 amide bonds. The molecule has 0 saturated carbocycles. The number of nitrogens with two attached hydrogens (primary N) is 1. The van der Waals surface area contributed by atoms with Gasteiger partial charge in [-0.3, -0.25) is 9.78 Å². The highest BCUT2D eigenvalue weighted by atomic mass is 16.3. The van der Waals surface area contributed by atoms with E-state index in [1.807, 2.05) is 6.92 Å². The number of hydrogen-bond acceptors (Lipinski definition) is 5. The van der Waals surface area contributed by atoms with Gasteiger partial charge in [-0.15, -0.1) is 0 Å². The van der Waals surface area contributed by atoms with Crippen molar-refractivity contribution in [2.45, 2.75) is 20.3 Å². The summed E-state index contributed by atoms with van der Waals surface area (Å²) in [5.41, 5.74) is 7.69. The standard InChI is InChI=1S/C14H15N5O2/c1-3-9-8(2)16-14(17-13(9)20)19-12(15)7-10(18-19)11-5-4-6-21-11/h4-7H,3,15H2,1-2H3,(H,16,17,20). The molecule has 3 rings (SSSR count). The first-order valence-corrected chi connectivity index (χ1v) is 6.59. The quantitative estimate of drug-likeness (QED) is 0.762. The molecule has 0 radical (unpaired) electrons. The fourth-order valence-electron chi connectivity index (χ4n) is 2.22. The van der Waals surface area contributed by atoms with E-state index < -0.39 is 0 Å². The lowest BCUT2D eigenvalue weighted by Gasteiger charge is -2.06. The van der Waals surface area contributed by atoms with Crippen LogP contribution in [0.4, 0.5) is 5.82 Å². The molecule has 0 spiro atoms. The van der Waals surface area contributed by atoms with Crippen molar-refractivity contribution in [1.29, 1.82) is 0 Å². The number of nitrogen functional groups attached to an aromatic ring is 1. The second kappa shape index (κ2) is 4.93. The number of H-pyrrole nitrogens is 1. The Morgan fingerprint density at radius 2 is 2.29 bits per heavy atom. The molecule has 0 aliphatic rings. The molecule has 7 heteroatoms. The summed E-state index contributed by atoms with van der Waals surface area (Å²) in [4.78, 5) is 19.1. The summed E-state index contributed by atoms with van der Waals surface area (Å²) in [6.07, 6.45) is 2.19. The molecule has 0 fully saturated rings. The van der Waals surface area contributed by atoms with Crippen molar-refractivity contribution in [1.82, 2.24) is 19.7 Å². The van der Waals surface area contributed by atoms with Gasteiger partial charge in [0, 0.05) is 17.3 Å². The van der Waals surface area contributed by atoms with Gasteiger partial charge in [0.05, 0.1) is 6.26 Å². The summed E-state index contributed by atoms with van der Waals surface area (Å²) in [6.45, 7) is 3.71. The fraction of sp³-hybridized carbons (Fsp3) is 0.214. The predicted molar refractivity (Wildman–Crippen MR) is 78.2 cm³/mol. The van der Waals surface area contributed by atoms with Crippen LogP contribution in [0.1, 0.15) is 18.2 Å². The van der Waals surface area contributed by atoms with Crippen molar-refractivity contribution in [3.05, 3.63) is 46.1 Å². The third-order valence-corrected chi connectivity index (χ3v) is 3.27. The molecule has 0 atom stereocenters. The lowest BCUT2D eigenvalue weighted by molar-refractivity contribution is 0.578. The molecule has 108 valence electrons. The van der Waals surface area contributed by atoms with Gasteiger partial charge in [-0.2, -0.15) is 9.78 Å². The molecule has 21 heavy (non-hydrogen) atoms. The van der Waals surface area contributed by atoms with Gasteiger partial charge in [-0.25, -0.2) is 4.98 Å². The fourth-order valence-corrected chi connectivity index (χ4v) is 2.22. The van der Waals surface area contributed by atoms with E-state index in [9.17, 15) is 4.79 Å². The van der Waals surface area contributed by atoms with Crippen molar-refractivity contribution in [3.63, 3.8) is 0 Å². The normalized spacial score (nSPS) is 11.0.